The van der Waals surface area contributed by atoms with Crippen molar-refractivity contribution in [3.05, 3.63) is 0 Å². The van der Waals surface area contributed by atoms with Gasteiger partial charge in [-0.25, -0.2) is 0 Å². The summed E-state index contributed by atoms with van der Waals surface area (Å²) in [5.74, 6) is 4.55. The van der Waals surface area contributed by atoms with Crippen LogP contribution in [0.2, 0.25) is 0 Å². The average molecular weight is 214 g/mol. The Morgan fingerprint density at radius 2 is 1.64 bits per heavy atom. The van der Waals surface area contributed by atoms with E-state index in [1.165, 1.54) is 37.2 Å². The van der Waals surface area contributed by atoms with Crippen molar-refractivity contribution in [1.82, 2.24) is 0 Å². The fraction of sp³-hybridized carbons (Fsp3) is 1.00. The number of thioether (sulfide) groups is 1. The van der Waals surface area contributed by atoms with Gasteiger partial charge in [0, 0.05) is 0 Å². The van der Waals surface area contributed by atoms with E-state index in [-0.39, 0.29) is 0 Å². The zero-order valence-electron chi connectivity index (χ0n) is 10.3. The molecule has 1 aliphatic rings. The minimum Gasteiger partial charge on any atom is -0.162 e. The Kier molecular flexibility index (Phi) is 4.82. The second kappa shape index (κ2) is 5.44. The summed E-state index contributed by atoms with van der Waals surface area (Å²) in [7, 11) is 0. The van der Waals surface area contributed by atoms with Crippen LogP contribution < -0.4 is 0 Å². The number of hydrogen-bond acceptors (Lipinski definition) is 1. The highest BCUT2D eigenvalue weighted by Gasteiger charge is 2.34. The maximum atomic E-state index is 2.43. The molecule has 0 aliphatic carbocycles. The minimum atomic E-state index is 0.690. The highest BCUT2D eigenvalue weighted by molar-refractivity contribution is 7.99. The minimum absolute atomic E-state index is 0.690. The predicted molar refractivity (Wildman–Crippen MR) is 67.9 cm³/mol. The van der Waals surface area contributed by atoms with Crippen LogP contribution in [0.25, 0.3) is 0 Å². The highest BCUT2D eigenvalue weighted by atomic mass is 32.2. The van der Waals surface area contributed by atoms with E-state index < -0.39 is 0 Å². The molecule has 1 fully saturated rings. The third kappa shape index (κ3) is 3.18. The monoisotopic (exact) mass is 214 g/mol. The van der Waals surface area contributed by atoms with Gasteiger partial charge in [-0.3, -0.25) is 0 Å². The van der Waals surface area contributed by atoms with Gasteiger partial charge in [0.1, 0.15) is 0 Å². The van der Waals surface area contributed by atoms with E-state index in [0.29, 0.717) is 5.41 Å². The Bertz CT molecular complexity index is 155. The van der Waals surface area contributed by atoms with Gasteiger partial charge in [-0.05, 0) is 48.0 Å². The van der Waals surface area contributed by atoms with Crippen LogP contribution in [0, 0.1) is 17.3 Å². The molecule has 0 unspecified atom stereocenters. The van der Waals surface area contributed by atoms with Crippen LogP contribution >= 0.6 is 11.8 Å². The molecule has 1 heterocycles. The molecule has 0 atom stereocenters. The summed E-state index contributed by atoms with van der Waals surface area (Å²) < 4.78 is 0. The number of hydrogen-bond donors (Lipinski definition) is 0. The lowest BCUT2D eigenvalue weighted by Crippen LogP contribution is -2.32. The van der Waals surface area contributed by atoms with Crippen LogP contribution in [0.1, 0.15) is 53.4 Å². The third-order valence-electron chi connectivity index (χ3n) is 3.93. The Labute approximate surface area is 94.2 Å². The molecule has 0 aromatic rings. The molecule has 14 heavy (non-hydrogen) atoms. The van der Waals surface area contributed by atoms with Crippen molar-refractivity contribution in [3.63, 3.8) is 0 Å². The van der Waals surface area contributed by atoms with Gasteiger partial charge in [-0.1, -0.05) is 34.1 Å². The molecule has 0 aromatic heterocycles. The lowest BCUT2D eigenvalue weighted by molar-refractivity contribution is 0.142. The molecule has 84 valence electrons. The van der Waals surface area contributed by atoms with Gasteiger partial charge < -0.3 is 0 Å². The van der Waals surface area contributed by atoms with Crippen molar-refractivity contribution in [3.8, 4) is 0 Å². The van der Waals surface area contributed by atoms with Gasteiger partial charge in [-0.2, -0.15) is 11.8 Å². The van der Waals surface area contributed by atoms with E-state index >= 15 is 0 Å². The van der Waals surface area contributed by atoms with Crippen LogP contribution in [0.15, 0.2) is 0 Å². The zero-order valence-corrected chi connectivity index (χ0v) is 11.1. The molecule has 0 spiro atoms. The van der Waals surface area contributed by atoms with Gasteiger partial charge in [0.25, 0.3) is 0 Å². The van der Waals surface area contributed by atoms with E-state index in [2.05, 4.69) is 39.5 Å². The van der Waals surface area contributed by atoms with E-state index in [4.69, 9.17) is 0 Å². The second-order valence-electron chi connectivity index (χ2n) is 5.56. The quantitative estimate of drug-likeness (QED) is 0.659. The van der Waals surface area contributed by atoms with Crippen molar-refractivity contribution >= 4 is 11.8 Å². The SMILES string of the molecule is CC(C)CCC1(C(C)C)CCSCC1. The molecule has 0 radical (unpaired) electrons. The van der Waals surface area contributed by atoms with Gasteiger partial charge in [0.2, 0.25) is 0 Å². The maximum absolute atomic E-state index is 2.43. The van der Waals surface area contributed by atoms with Crippen molar-refractivity contribution in [1.29, 1.82) is 0 Å². The van der Waals surface area contributed by atoms with Crippen LogP contribution in [0.3, 0.4) is 0 Å². The first-order valence-corrected chi connectivity index (χ1v) is 7.30. The first-order chi connectivity index (χ1) is 6.57. The molecule has 1 saturated heterocycles. The first kappa shape index (κ1) is 12.4. The van der Waals surface area contributed by atoms with Crippen LogP contribution in [-0.2, 0) is 0 Å². The van der Waals surface area contributed by atoms with Gasteiger partial charge in [0.05, 0.1) is 0 Å². The predicted octanol–water partition coefficient (Wildman–Crippen LogP) is 4.59. The highest BCUT2D eigenvalue weighted by Crippen LogP contribution is 2.45. The van der Waals surface area contributed by atoms with Crippen LogP contribution in [-0.4, -0.2) is 11.5 Å². The molecular weight excluding hydrogens is 188 g/mol. The summed E-state index contributed by atoms with van der Waals surface area (Å²) in [4.78, 5) is 0. The fourth-order valence-electron chi connectivity index (χ4n) is 2.47. The third-order valence-corrected chi connectivity index (χ3v) is 4.92. The van der Waals surface area contributed by atoms with Crippen LogP contribution in [0.5, 0.6) is 0 Å². The van der Waals surface area contributed by atoms with Crippen LogP contribution in [0.4, 0.5) is 0 Å². The summed E-state index contributed by atoms with van der Waals surface area (Å²) in [5, 5.41) is 0. The van der Waals surface area contributed by atoms with Gasteiger partial charge >= 0.3 is 0 Å². The summed E-state index contributed by atoms with van der Waals surface area (Å²) in [6.45, 7) is 9.56. The lowest BCUT2D eigenvalue weighted by atomic mass is 9.69. The maximum Gasteiger partial charge on any atom is -0.00621 e. The summed E-state index contributed by atoms with van der Waals surface area (Å²) in [6.07, 6.45) is 5.80. The molecule has 0 nitrogen and oxygen atoms in total. The normalized spacial score (nSPS) is 21.9. The molecule has 0 bridgehead atoms. The molecule has 0 saturated carbocycles. The van der Waals surface area contributed by atoms with Crippen molar-refractivity contribution < 1.29 is 0 Å². The molecule has 0 amide bonds. The van der Waals surface area contributed by atoms with Gasteiger partial charge in [-0.15, -0.1) is 0 Å². The van der Waals surface area contributed by atoms with E-state index in [9.17, 15) is 0 Å². The van der Waals surface area contributed by atoms with Crippen molar-refractivity contribution in [2.24, 2.45) is 17.3 Å². The molecular formula is C13H26S. The molecule has 0 N–H and O–H groups in total. The Morgan fingerprint density at radius 3 is 2.07 bits per heavy atom. The Morgan fingerprint density at radius 1 is 1.07 bits per heavy atom. The smallest absolute Gasteiger partial charge is 0.00621 e. The second-order valence-corrected chi connectivity index (χ2v) is 6.79. The standard InChI is InChI=1S/C13H26S/c1-11(2)5-6-13(12(3)4)7-9-14-10-8-13/h11-12H,5-10H2,1-4H3. The fourth-order valence-corrected chi connectivity index (χ4v) is 3.78. The molecule has 0 aromatic carbocycles. The summed E-state index contributed by atoms with van der Waals surface area (Å²) >= 11 is 2.15. The molecule has 1 heteroatoms. The van der Waals surface area contributed by atoms with Crippen molar-refractivity contribution in [2.75, 3.05) is 11.5 Å². The zero-order chi connectivity index (χ0) is 10.6. The average Bonchev–Trinajstić information content (AvgIpc) is 2.16. The first-order valence-electron chi connectivity index (χ1n) is 6.14. The summed E-state index contributed by atoms with van der Waals surface area (Å²) in [5.41, 5.74) is 0.690. The van der Waals surface area contributed by atoms with E-state index in [0.717, 1.165) is 11.8 Å². The van der Waals surface area contributed by atoms with E-state index in [1.807, 2.05) is 0 Å². The molecule has 1 rings (SSSR count). The molecule has 1 aliphatic heterocycles. The Balaban J connectivity index is 2.52. The Hall–Kier alpha value is 0.350. The van der Waals surface area contributed by atoms with E-state index in [1.54, 1.807) is 0 Å². The topological polar surface area (TPSA) is 0 Å². The lowest BCUT2D eigenvalue weighted by Gasteiger charge is -2.41. The van der Waals surface area contributed by atoms with Crippen molar-refractivity contribution in [2.45, 2.75) is 53.4 Å². The largest absolute Gasteiger partial charge is 0.162 e. The number of rotatable bonds is 4. The summed E-state index contributed by atoms with van der Waals surface area (Å²) in [6, 6.07) is 0. The van der Waals surface area contributed by atoms with Gasteiger partial charge in [0.15, 0.2) is 0 Å².